The first kappa shape index (κ1) is 28.5. The Kier molecular flexibility index (Phi) is 6.19. The first-order valence-corrected chi connectivity index (χ1v) is 13.6. The van der Waals surface area contributed by atoms with Crippen LogP contribution in [0.25, 0.3) is 0 Å². The van der Waals surface area contributed by atoms with E-state index in [0.717, 1.165) is 37.7 Å². The van der Waals surface area contributed by atoms with Crippen LogP contribution in [0.2, 0.25) is 0 Å². The van der Waals surface area contributed by atoms with Gasteiger partial charge in [-0.2, -0.15) is 0 Å². The van der Waals surface area contributed by atoms with Gasteiger partial charge in [0.05, 0.1) is 5.41 Å². The Morgan fingerprint density at radius 2 is 1.53 bits per heavy atom. The molecule has 5 aliphatic rings. The van der Waals surface area contributed by atoms with Gasteiger partial charge in [-0.05, 0) is 92.6 Å². The second-order valence-corrected chi connectivity index (χ2v) is 13.9. The molecule has 5 aliphatic carbocycles. The molecule has 208 valence electrons. The molecule has 1 unspecified atom stereocenters. The molecule has 0 saturated heterocycles. The lowest BCUT2D eigenvalue weighted by atomic mass is 9.34. The van der Waals surface area contributed by atoms with Gasteiger partial charge < -0.3 is 9.84 Å². The van der Waals surface area contributed by atoms with Crippen molar-refractivity contribution in [2.45, 2.75) is 106 Å². The van der Waals surface area contributed by atoms with Crippen LogP contribution < -0.4 is 0 Å². The molecule has 0 amide bonds. The summed E-state index contributed by atoms with van der Waals surface area (Å²) >= 11 is 0. The van der Waals surface area contributed by atoms with E-state index in [9.17, 15) is 24.3 Å². The molecule has 0 radical (unpaired) electrons. The highest BCUT2D eigenvalue weighted by atomic mass is 16.6. The van der Waals surface area contributed by atoms with Crippen molar-refractivity contribution in [1.29, 1.82) is 0 Å². The topological polar surface area (TPSA) is 97.7 Å². The maximum atomic E-state index is 13.0. The Hall–Kier alpha value is -2.50. The highest BCUT2D eigenvalue weighted by molar-refractivity contribution is 6.46. The van der Waals surface area contributed by atoms with Gasteiger partial charge in [0.1, 0.15) is 0 Å². The van der Waals surface area contributed by atoms with Gasteiger partial charge in [0, 0.05) is 17.9 Å². The molecule has 0 aromatic heterocycles. The lowest BCUT2D eigenvalue weighted by Crippen LogP contribution is -2.62. The number of carbonyl (C=O) groups is 4. The molecule has 0 aromatic carbocycles. The van der Waals surface area contributed by atoms with Gasteiger partial charge in [-0.3, -0.25) is 19.2 Å². The van der Waals surface area contributed by atoms with Crippen molar-refractivity contribution in [3.63, 3.8) is 0 Å². The van der Waals surface area contributed by atoms with E-state index in [1.54, 1.807) is 0 Å². The Bertz CT molecular complexity index is 1240. The highest BCUT2D eigenvalue weighted by Gasteiger charge is 2.68. The summed E-state index contributed by atoms with van der Waals surface area (Å²) in [7, 11) is 0. The van der Waals surface area contributed by atoms with Crippen molar-refractivity contribution < 1.29 is 29.0 Å². The molecule has 3 fully saturated rings. The van der Waals surface area contributed by atoms with Crippen LogP contribution >= 0.6 is 0 Å². The molecule has 0 bridgehead atoms. The molecule has 6 nitrogen and oxygen atoms in total. The Labute approximate surface area is 227 Å². The van der Waals surface area contributed by atoms with E-state index < -0.39 is 39.9 Å². The van der Waals surface area contributed by atoms with Gasteiger partial charge >= 0.3 is 11.9 Å². The summed E-state index contributed by atoms with van der Waals surface area (Å²) in [6.07, 6.45) is 11.5. The smallest absolute Gasteiger partial charge is 0.309 e. The second kappa shape index (κ2) is 8.25. The standard InChI is InChI=1S/C31H40O6.CH4/c1-18(32)37-31(7)19-8-9-22-28(4,20(19)16-21(33)24(31)34)13-15-30(6)23-17-27(3,25(35)36)11-10-26(23,2)12-14-29(22,30)5;/h8-9,16,23H,10-15,17H2,1-7H3,(H,35,36);1H4/t23-,26-,27-,28+,29-,30+,31?;/m1./s1. The van der Waals surface area contributed by atoms with Crippen molar-refractivity contribution in [3.05, 3.63) is 34.9 Å². The molecule has 3 saturated carbocycles. The summed E-state index contributed by atoms with van der Waals surface area (Å²) in [6, 6.07) is 0. The number of Topliss-reactive ketones (excluding diaryl/α,β-unsaturated/α-hetero) is 1. The number of carboxylic acid groups (broad SMARTS) is 1. The van der Waals surface area contributed by atoms with E-state index >= 15 is 0 Å². The normalized spacial score (nSPS) is 45.6. The summed E-state index contributed by atoms with van der Waals surface area (Å²) in [5.41, 5.74) is -0.393. The van der Waals surface area contributed by atoms with Crippen LogP contribution in [-0.4, -0.2) is 34.2 Å². The second-order valence-electron chi connectivity index (χ2n) is 13.9. The average Bonchev–Trinajstić information content (AvgIpc) is 2.80. The quantitative estimate of drug-likeness (QED) is 0.332. The third-order valence-electron chi connectivity index (χ3n) is 11.9. The minimum Gasteiger partial charge on any atom is -0.481 e. The number of ether oxygens (including phenoxy) is 1. The number of allylic oxidation sites excluding steroid dienone is 4. The zero-order valence-electron chi connectivity index (χ0n) is 23.2. The summed E-state index contributed by atoms with van der Waals surface area (Å²) in [6.45, 7) is 13.9. The molecule has 6 heteroatoms. The first-order valence-electron chi connectivity index (χ1n) is 13.6. The van der Waals surface area contributed by atoms with Crippen LogP contribution in [0.1, 0.15) is 101 Å². The molecule has 0 aromatic rings. The third kappa shape index (κ3) is 3.37. The molecule has 38 heavy (non-hydrogen) atoms. The van der Waals surface area contributed by atoms with E-state index in [4.69, 9.17) is 4.74 Å². The van der Waals surface area contributed by atoms with E-state index in [0.29, 0.717) is 18.4 Å². The summed E-state index contributed by atoms with van der Waals surface area (Å²) in [5, 5.41) is 10.1. The molecular weight excluding hydrogens is 480 g/mol. The minimum absolute atomic E-state index is 0. The van der Waals surface area contributed by atoms with Crippen molar-refractivity contribution in [2.24, 2.45) is 33.0 Å². The van der Waals surface area contributed by atoms with E-state index in [-0.39, 0.29) is 29.6 Å². The van der Waals surface area contributed by atoms with Gasteiger partial charge in [0.2, 0.25) is 11.4 Å². The zero-order valence-corrected chi connectivity index (χ0v) is 23.2. The molecule has 0 heterocycles. The molecular formula is C32H44O6. The average molecular weight is 525 g/mol. The SMILES string of the molecule is C.CC(=O)OC1(C)C(=O)C(=O)C=C2C1=CC=C1[C@@]2(C)CC[C@@]2(C)[C@@H]3C[C@](C)(C(=O)O)CC[C@]3(C)CC[C@]12C. The predicted molar refractivity (Wildman–Crippen MR) is 145 cm³/mol. The van der Waals surface area contributed by atoms with Gasteiger partial charge in [-0.25, -0.2) is 0 Å². The Balaban J connectivity index is 0.00000336. The number of fused-ring (bicyclic) bond motifs is 7. The monoisotopic (exact) mass is 524 g/mol. The van der Waals surface area contributed by atoms with E-state index in [2.05, 4.69) is 33.8 Å². The van der Waals surface area contributed by atoms with Gasteiger partial charge in [-0.15, -0.1) is 0 Å². The molecule has 5 rings (SSSR count). The third-order valence-corrected chi connectivity index (χ3v) is 11.9. The van der Waals surface area contributed by atoms with Gasteiger partial charge in [0.15, 0.2) is 0 Å². The number of rotatable bonds is 2. The fraction of sp³-hybridized carbons (Fsp3) is 0.688. The summed E-state index contributed by atoms with van der Waals surface area (Å²) in [4.78, 5) is 50.2. The number of carboxylic acids is 1. The van der Waals surface area contributed by atoms with Crippen LogP contribution in [0.5, 0.6) is 0 Å². The number of aliphatic carboxylic acids is 1. The van der Waals surface area contributed by atoms with Gasteiger partial charge in [0.25, 0.3) is 5.78 Å². The van der Waals surface area contributed by atoms with E-state index in [1.807, 2.05) is 13.0 Å². The predicted octanol–water partition coefficient (Wildman–Crippen LogP) is 6.39. The lowest BCUT2D eigenvalue weighted by Gasteiger charge is -2.70. The maximum Gasteiger partial charge on any atom is 0.309 e. The van der Waals surface area contributed by atoms with Crippen LogP contribution in [-0.2, 0) is 23.9 Å². The van der Waals surface area contributed by atoms with Crippen LogP contribution in [0.3, 0.4) is 0 Å². The largest absolute Gasteiger partial charge is 0.481 e. The summed E-state index contributed by atoms with van der Waals surface area (Å²) < 4.78 is 5.53. The van der Waals surface area contributed by atoms with Crippen LogP contribution in [0, 0.1) is 33.0 Å². The van der Waals surface area contributed by atoms with Crippen molar-refractivity contribution in [3.8, 4) is 0 Å². The van der Waals surface area contributed by atoms with Crippen molar-refractivity contribution >= 4 is 23.5 Å². The molecule has 1 N–H and O–H groups in total. The first-order chi connectivity index (χ1) is 17.0. The summed E-state index contributed by atoms with van der Waals surface area (Å²) in [5.74, 6) is -2.37. The minimum atomic E-state index is -1.63. The number of esters is 1. The van der Waals surface area contributed by atoms with E-state index in [1.165, 1.54) is 25.5 Å². The Morgan fingerprint density at radius 1 is 0.895 bits per heavy atom. The number of ketones is 2. The molecule has 0 spiro atoms. The number of hydrogen-bond acceptors (Lipinski definition) is 5. The van der Waals surface area contributed by atoms with Crippen molar-refractivity contribution in [1.82, 2.24) is 0 Å². The Morgan fingerprint density at radius 3 is 2.13 bits per heavy atom. The fourth-order valence-corrected chi connectivity index (χ4v) is 9.17. The fourth-order valence-electron chi connectivity index (χ4n) is 9.17. The van der Waals surface area contributed by atoms with Crippen molar-refractivity contribution in [2.75, 3.05) is 0 Å². The molecule has 0 aliphatic heterocycles. The van der Waals surface area contributed by atoms with Gasteiger partial charge in [-0.1, -0.05) is 52.8 Å². The van der Waals surface area contributed by atoms with Crippen LogP contribution in [0.15, 0.2) is 34.9 Å². The lowest BCUT2D eigenvalue weighted by molar-refractivity contribution is -0.178. The zero-order chi connectivity index (χ0) is 27.4. The maximum absolute atomic E-state index is 13.0. The highest BCUT2D eigenvalue weighted by Crippen LogP contribution is 2.75. The number of carbonyl (C=O) groups excluding carboxylic acids is 3. The molecule has 7 atom stereocenters. The number of hydrogen-bond donors (Lipinski definition) is 1. The van der Waals surface area contributed by atoms with Crippen LogP contribution in [0.4, 0.5) is 0 Å².